The molecule has 35 heavy (non-hydrogen) atoms. The number of aromatic nitrogens is 1. The Bertz CT molecular complexity index is 1300. The monoisotopic (exact) mass is 511 g/mol. The number of carbonyl (C=O) groups is 1. The zero-order valence-corrected chi connectivity index (χ0v) is 22.1. The van der Waals surface area contributed by atoms with Crippen LogP contribution in [0.1, 0.15) is 56.6 Å². The van der Waals surface area contributed by atoms with Crippen LogP contribution in [0.15, 0.2) is 58.5 Å². The van der Waals surface area contributed by atoms with Gasteiger partial charge in [-0.15, -0.1) is 0 Å². The number of aryl methyl sites for hydroxylation is 2. The molecule has 186 valence electrons. The predicted octanol–water partition coefficient (Wildman–Crippen LogP) is 5.97. The molecule has 8 heteroatoms. The van der Waals surface area contributed by atoms with E-state index in [0.717, 1.165) is 52.7 Å². The van der Waals surface area contributed by atoms with E-state index in [-0.39, 0.29) is 22.1 Å². The lowest BCUT2D eigenvalue weighted by Crippen LogP contribution is -2.36. The van der Waals surface area contributed by atoms with Crippen LogP contribution in [0.4, 0.5) is 5.69 Å². The van der Waals surface area contributed by atoms with Crippen LogP contribution in [0.5, 0.6) is 0 Å². The van der Waals surface area contributed by atoms with Crippen LogP contribution in [0.2, 0.25) is 0 Å². The molecular formula is C27H33N3O3S2. The Balaban J connectivity index is 1.43. The third-order valence-electron chi connectivity index (χ3n) is 6.51. The standard InChI is InChI=1S/C27H33N3O3S2/c1-4-24(34-25-17-19(3)23-12-8-9-18(2)26(23)29-25)27(31)28-20-13-15-22(16-14-20)35(32,33)30-21-10-6-5-7-11-21/h8-9,12-17,21,24,30H,4-7,10-11H2,1-3H3,(H,28,31). The maximum Gasteiger partial charge on any atom is 0.240 e. The molecule has 2 aromatic carbocycles. The summed E-state index contributed by atoms with van der Waals surface area (Å²) >= 11 is 1.45. The zero-order valence-electron chi connectivity index (χ0n) is 20.5. The van der Waals surface area contributed by atoms with Gasteiger partial charge >= 0.3 is 0 Å². The second-order valence-corrected chi connectivity index (χ2v) is 12.2. The highest BCUT2D eigenvalue weighted by atomic mass is 32.2. The first-order chi connectivity index (χ1) is 16.8. The normalized spacial score (nSPS) is 15.7. The van der Waals surface area contributed by atoms with Gasteiger partial charge in [-0.05, 0) is 74.6 Å². The highest BCUT2D eigenvalue weighted by molar-refractivity contribution is 8.00. The molecule has 0 aliphatic heterocycles. The average molecular weight is 512 g/mol. The molecule has 6 nitrogen and oxygen atoms in total. The number of sulfonamides is 1. The van der Waals surface area contributed by atoms with E-state index in [1.165, 1.54) is 18.2 Å². The summed E-state index contributed by atoms with van der Waals surface area (Å²) in [4.78, 5) is 18.0. The molecule has 1 amide bonds. The Labute approximate surface area is 212 Å². The van der Waals surface area contributed by atoms with Crippen molar-refractivity contribution in [3.8, 4) is 0 Å². The summed E-state index contributed by atoms with van der Waals surface area (Å²) in [6.07, 6.45) is 5.69. The number of nitrogens with one attached hydrogen (secondary N) is 2. The fraction of sp³-hybridized carbons (Fsp3) is 0.407. The quantitative estimate of drug-likeness (QED) is 0.364. The van der Waals surface area contributed by atoms with Crippen molar-refractivity contribution in [3.63, 3.8) is 0 Å². The molecule has 1 saturated carbocycles. The first-order valence-electron chi connectivity index (χ1n) is 12.2. The van der Waals surface area contributed by atoms with Crippen molar-refractivity contribution >= 4 is 44.3 Å². The van der Waals surface area contributed by atoms with E-state index in [1.54, 1.807) is 24.3 Å². The lowest BCUT2D eigenvalue weighted by atomic mass is 9.96. The molecule has 2 N–H and O–H groups in total. The molecule has 3 aromatic rings. The second kappa shape index (κ2) is 11.1. The van der Waals surface area contributed by atoms with Gasteiger partial charge in [0.05, 0.1) is 20.7 Å². The van der Waals surface area contributed by atoms with Gasteiger partial charge in [0.25, 0.3) is 0 Å². The summed E-state index contributed by atoms with van der Waals surface area (Å²) < 4.78 is 28.3. The van der Waals surface area contributed by atoms with Gasteiger partial charge in [0, 0.05) is 17.1 Å². The minimum absolute atomic E-state index is 0.00612. The van der Waals surface area contributed by atoms with Crippen LogP contribution in [-0.2, 0) is 14.8 Å². The van der Waals surface area contributed by atoms with Gasteiger partial charge in [-0.3, -0.25) is 4.79 Å². The van der Waals surface area contributed by atoms with Gasteiger partial charge in [-0.1, -0.05) is 56.1 Å². The van der Waals surface area contributed by atoms with Crippen LogP contribution in [-0.4, -0.2) is 30.6 Å². The van der Waals surface area contributed by atoms with Crippen molar-refractivity contribution in [2.45, 2.75) is 80.5 Å². The number of fused-ring (bicyclic) bond motifs is 1. The van der Waals surface area contributed by atoms with Crippen molar-refractivity contribution in [3.05, 3.63) is 59.7 Å². The summed E-state index contributed by atoms with van der Waals surface area (Å²) in [5, 5.41) is 4.56. The number of thioether (sulfide) groups is 1. The van der Waals surface area contributed by atoms with E-state index < -0.39 is 10.0 Å². The second-order valence-electron chi connectivity index (χ2n) is 9.23. The lowest BCUT2D eigenvalue weighted by molar-refractivity contribution is -0.115. The van der Waals surface area contributed by atoms with E-state index in [4.69, 9.17) is 4.98 Å². The Kier molecular flexibility index (Phi) is 8.14. The molecule has 4 rings (SSSR count). The van der Waals surface area contributed by atoms with Crippen molar-refractivity contribution < 1.29 is 13.2 Å². The maximum absolute atomic E-state index is 13.0. The Morgan fingerprint density at radius 1 is 1.06 bits per heavy atom. The molecule has 0 bridgehead atoms. The minimum Gasteiger partial charge on any atom is -0.325 e. The topological polar surface area (TPSA) is 88.2 Å². The predicted molar refractivity (Wildman–Crippen MR) is 143 cm³/mol. The van der Waals surface area contributed by atoms with Gasteiger partial charge in [-0.25, -0.2) is 18.1 Å². The molecular weight excluding hydrogens is 478 g/mol. The van der Waals surface area contributed by atoms with E-state index in [2.05, 4.69) is 23.0 Å². The molecule has 1 aromatic heterocycles. The maximum atomic E-state index is 13.0. The molecule has 1 aliphatic carbocycles. The summed E-state index contributed by atoms with van der Waals surface area (Å²) in [7, 11) is -3.57. The summed E-state index contributed by atoms with van der Waals surface area (Å²) in [6, 6.07) is 14.6. The number of benzene rings is 2. The highest BCUT2D eigenvalue weighted by Gasteiger charge is 2.23. The summed E-state index contributed by atoms with van der Waals surface area (Å²) in [5.41, 5.74) is 3.78. The van der Waals surface area contributed by atoms with Gasteiger partial charge in [0.2, 0.25) is 15.9 Å². The number of para-hydroxylation sites is 1. The van der Waals surface area contributed by atoms with Gasteiger partial charge in [0.15, 0.2) is 0 Å². The zero-order chi connectivity index (χ0) is 25.0. The van der Waals surface area contributed by atoms with Crippen LogP contribution in [0.25, 0.3) is 10.9 Å². The van der Waals surface area contributed by atoms with Crippen molar-refractivity contribution in [1.82, 2.24) is 9.71 Å². The molecule has 0 saturated heterocycles. The molecule has 1 aliphatic rings. The molecule has 1 atom stereocenters. The van der Waals surface area contributed by atoms with Gasteiger partial charge in [0.1, 0.15) is 0 Å². The summed E-state index contributed by atoms with van der Waals surface area (Å²) in [5.74, 6) is -0.127. The fourth-order valence-electron chi connectivity index (χ4n) is 4.51. The number of pyridine rings is 1. The lowest BCUT2D eigenvalue weighted by Gasteiger charge is -2.22. The Morgan fingerprint density at radius 3 is 2.46 bits per heavy atom. The van der Waals surface area contributed by atoms with E-state index >= 15 is 0 Å². The van der Waals surface area contributed by atoms with E-state index in [1.807, 2.05) is 32.0 Å². The minimum atomic E-state index is -3.57. The van der Waals surface area contributed by atoms with Crippen LogP contribution in [0, 0.1) is 13.8 Å². The first kappa shape index (κ1) is 25.7. The van der Waals surface area contributed by atoms with Gasteiger partial charge < -0.3 is 5.32 Å². The number of nitrogens with zero attached hydrogens (tertiary/aromatic N) is 1. The average Bonchev–Trinajstić information content (AvgIpc) is 2.84. The van der Waals surface area contributed by atoms with Crippen LogP contribution in [0.3, 0.4) is 0 Å². The molecule has 1 heterocycles. The van der Waals surface area contributed by atoms with Gasteiger partial charge in [-0.2, -0.15) is 0 Å². The highest BCUT2D eigenvalue weighted by Crippen LogP contribution is 2.30. The Hall–Kier alpha value is -2.42. The fourth-order valence-corrected chi connectivity index (χ4v) is 6.83. The molecule has 0 radical (unpaired) electrons. The van der Waals surface area contributed by atoms with E-state index in [9.17, 15) is 13.2 Å². The molecule has 1 fully saturated rings. The smallest absolute Gasteiger partial charge is 0.240 e. The van der Waals surface area contributed by atoms with Crippen LogP contribution < -0.4 is 10.0 Å². The van der Waals surface area contributed by atoms with Crippen molar-refractivity contribution in [2.24, 2.45) is 0 Å². The number of hydrogen-bond donors (Lipinski definition) is 2. The molecule has 0 spiro atoms. The molecule has 1 unspecified atom stereocenters. The third-order valence-corrected chi connectivity index (χ3v) is 9.33. The third kappa shape index (κ3) is 6.23. The van der Waals surface area contributed by atoms with Crippen LogP contribution >= 0.6 is 11.8 Å². The van der Waals surface area contributed by atoms with E-state index in [0.29, 0.717) is 12.1 Å². The largest absolute Gasteiger partial charge is 0.325 e. The first-order valence-corrected chi connectivity index (χ1v) is 14.6. The number of hydrogen-bond acceptors (Lipinski definition) is 5. The SMILES string of the molecule is CCC(Sc1cc(C)c2cccc(C)c2n1)C(=O)Nc1ccc(S(=O)(=O)NC2CCCCC2)cc1. The number of rotatable bonds is 8. The van der Waals surface area contributed by atoms with Crippen molar-refractivity contribution in [2.75, 3.05) is 5.32 Å². The number of amides is 1. The number of anilines is 1. The summed E-state index contributed by atoms with van der Waals surface area (Å²) in [6.45, 7) is 6.08. The number of carbonyl (C=O) groups excluding carboxylic acids is 1. The van der Waals surface area contributed by atoms with Crippen molar-refractivity contribution in [1.29, 1.82) is 0 Å². The Morgan fingerprint density at radius 2 is 1.77 bits per heavy atom.